The molecule has 1 aromatic heterocycles. The van der Waals surface area contributed by atoms with Gasteiger partial charge in [0.1, 0.15) is 11.6 Å². The van der Waals surface area contributed by atoms with Crippen molar-refractivity contribution in [3.05, 3.63) is 63.8 Å². The van der Waals surface area contributed by atoms with E-state index in [1.165, 1.54) is 12.1 Å². The number of ether oxygens (including phenoxy) is 4. The fourth-order valence-electron chi connectivity index (χ4n) is 3.99. The molecule has 1 aliphatic rings. The third kappa shape index (κ3) is 5.65. The molecule has 11 heteroatoms. The number of fused-ring (bicyclic) bond motifs is 3. The Morgan fingerprint density at radius 3 is 2.60 bits per heavy atom. The van der Waals surface area contributed by atoms with Crippen molar-refractivity contribution in [3.63, 3.8) is 0 Å². The van der Waals surface area contributed by atoms with E-state index in [0.29, 0.717) is 63.1 Å². The summed E-state index contributed by atoms with van der Waals surface area (Å²) in [6.45, 7) is 2.36. The van der Waals surface area contributed by atoms with Crippen molar-refractivity contribution < 1.29 is 23.3 Å². The molecule has 0 amide bonds. The number of benzene rings is 2. The normalized spacial score (nSPS) is 11.5. The quantitative estimate of drug-likeness (QED) is 0.128. The average molecular weight is 483 g/mol. The van der Waals surface area contributed by atoms with Crippen molar-refractivity contribution in [1.29, 1.82) is 0 Å². The largest absolute Gasteiger partial charge is 0.493 e. The zero-order chi connectivity index (χ0) is 24.6. The van der Waals surface area contributed by atoms with Gasteiger partial charge in [0, 0.05) is 34.7 Å². The Hall–Kier alpha value is -3.79. The van der Waals surface area contributed by atoms with Crippen molar-refractivity contribution in [2.24, 2.45) is 5.11 Å². The number of halogens is 1. The minimum absolute atomic E-state index is 0.294. The van der Waals surface area contributed by atoms with E-state index in [-0.39, 0.29) is 5.82 Å². The summed E-state index contributed by atoms with van der Waals surface area (Å²) in [5.41, 5.74) is 12.8. The van der Waals surface area contributed by atoms with E-state index in [1.807, 2.05) is 22.9 Å². The fraction of sp³-hybridized carbons (Fsp3) is 0.375. The lowest BCUT2D eigenvalue weighted by atomic mass is 10.1. The summed E-state index contributed by atoms with van der Waals surface area (Å²) in [4.78, 5) is 2.68. The predicted octanol–water partition coefficient (Wildman–Crippen LogP) is 4.70. The second-order valence-electron chi connectivity index (χ2n) is 7.75. The maximum Gasteiger partial charge on any atom is 0.161 e. The first-order chi connectivity index (χ1) is 17.1. The maximum absolute atomic E-state index is 13.8. The summed E-state index contributed by atoms with van der Waals surface area (Å²) in [5.74, 6) is 1.77. The Morgan fingerprint density at radius 2 is 1.86 bits per heavy atom. The molecule has 0 fully saturated rings. The second kappa shape index (κ2) is 11.6. The predicted molar refractivity (Wildman–Crippen MR) is 129 cm³/mol. The van der Waals surface area contributed by atoms with E-state index in [2.05, 4.69) is 15.3 Å². The van der Waals surface area contributed by atoms with Crippen LogP contribution >= 0.6 is 0 Å². The summed E-state index contributed by atoms with van der Waals surface area (Å²) in [6.07, 6.45) is 0.655. The van der Waals surface area contributed by atoms with Gasteiger partial charge in [-0.25, -0.2) is 9.07 Å². The van der Waals surface area contributed by atoms with Gasteiger partial charge >= 0.3 is 0 Å². The Bertz CT molecular complexity index is 1220. The van der Waals surface area contributed by atoms with Crippen LogP contribution in [0.25, 0.3) is 21.7 Å². The second-order valence-corrected chi connectivity index (χ2v) is 7.75. The van der Waals surface area contributed by atoms with Crippen molar-refractivity contribution in [1.82, 2.24) is 9.78 Å². The molecule has 10 nitrogen and oxygen atoms in total. The first-order valence-corrected chi connectivity index (χ1v) is 11.2. The number of anilines is 2. The molecule has 0 radical (unpaired) electrons. The summed E-state index contributed by atoms with van der Waals surface area (Å²) in [7, 11) is 3.22. The maximum atomic E-state index is 13.8. The van der Waals surface area contributed by atoms with Crippen molar-refractivity contribution in [2.75, 3.05) is 52.5 Å². The van der Waals surface area contributed by atoms with Crippen LogP contribution in [-0.2, 0) is 22.4 Å². The summed E-state index contributed by atoms with van der Waals surface area (Å²) < 4.78 is 37.7. The molecule has 35 heavy (non-hydrogen) atoms. The molecular formula is C24H27FN6O4. The van der Waals surface area contributed by atoms with Gasteiger partial charge in [-0.05, 0) is 41.4 Å². The van der Waals surface area contributed by atoms with Crippen LogP contribution < -0.4 is 14.8 Å². The minimum atomic E-state index is -0.320. The Labute approximate surface area is 202 Å². The number of methoxy groups -OCH3 is 2. The van der Waals surface area contributed by atoms with Gasteiger partial charge in [0.25, 0.3) is 0 Å². The van der Waals surface area contributed by atoms with Crippen LogP contribution in [0.1, 0.15) is 11.1 Å². The molecule has 184 valence electrons. The van der Waals surface area contributed by atoms with E-state index in [0.717, 1.165) is 28.2 Å². The number of hydrogen-bond donors (Lipinski definition) is 1. The minimum Gasteiger partial charge on any atom is -0.493 e. The van der Waals surface area contributed by atoms with Crippen molar-refractivity contribution >= 4 is 11.5 Å². The highest BCUT2D eigenvalue weighted by molar-refractivity contribution is 5.82. The number of aromatic nitrogens is 2. The van der Waals surface area contributed by atoms with Gasteiger partial charge < -0.3 is 24.3 Å². The average Bonchev–Trinajstić information content (AvgIpc) is 3.37. The molecule has 1 aliphatic carbocycles. The van der Waals surface area contributed by atoms with Gasteiger partial charge in [-0.15, -0.1) is 0 Å². The topological polar surface area (TPSA) is 116 Å². The highest BCUT2D eigenvalue weighted by Crippen LogP contribution is 2.45. The molecule has 4 rings (SSSR count). The van der Waals surface area contributed by atoms with Crippen LogP contribution in [-0.4, -0.2) is 57.0 Å². The standard InChI is InChI=1S/C24H27FN6O4/c1-32-21-13-16-12-20-23(19(16)15-22(21)33-2)29-31(7-9-35-11-10-34-8-6-27-30-26)24(20)28-18-5-3-4-17(25)14-18/h3-5,13-15,28H,6-12H2,1-2H3. The van der Waals surface area contributed by atoms with Gasteiger partial charge in [-0.2, -0.15) is 5.10 Å². The zero-order valence-corrected chi connectivity index (χ0v) is 19.7. The van der Waals surface area contributed by atoms with Crippen molar-refractivity contribution in [2.45, 2.75) is 13.0 Å². The van der Waals surface area contributed by atoms with Crippen LogP contribution in [0.2, 0.25) is 0 Å². The van der Waals surface area contributed by atoms with Gasteiger partial charge in [0.2, 0.25) is 0 Å². The SMILES string of the molecule is COc1cc2c(cc1OC)-c1nn(CCOCCOCCN=[N+]=[N-])c(Nc3cccc(F)c3)c1C2. The summed E-state index contributed by atoms with van der Waals surface area (Å²) in [6, 6.07) is 10.2. The van der Waals surface area contributed by atoms with Gasteiger partial charge in [0.15, 0.2) is 11.5 Å². The fourth-order valence-corrected chi connectivity index (χ4v) is 3.99. The highest BCUT2D eigenvalue weighted by Gasteiger charge is 2.29. The number of rotatable bonds is 13. The molecule has 0 atom stereocenters. The highest BCUT2D eigenvalue weighted by atomic mass is 19.1. The first-order valence-electron chi connectivity index (χ1n) is 11.2. The Kier molecular flexibility index (Phi) is 8.04. The molecule has 3 aromatic rings. The molecule has 0 spiro atoms. The van der Waals surface area contributed by atoms with E-state index >= 15 is 0 Å². The van der Waals surface area contributed by atoms with Gasteiger partial charge in [0.05, 0.1) is 52.9 Å². The lowest BCUT2D eigenvalue weighted by molar-refractivity contribution is 0.0470. The monoisotopic (exact) mass is 482 g/mol. The number of nitrogens with zero attached hydrogens (tertiary/aromatic N) is 5. The Morgan fingerprint density at radius 1 is 1.09 bits per heavy atom. The summed E-state index contributed by atoms with van der Waals surface area (Å²) >= 11 is 0. The van der Waals surface area contributed by atoms with E-state index in [4.69, 9.17) is 29.6 Å². The number of azide groups is 1. The van der Waals surface area contributed by atoms with Crippen LogP contribution in [0.3, 0.4) is 0 Å². The van der Waals surface area contributed by atoms with Gasteiger partial charge in [-0.1, -0.05) is 11.2 Å². The Balaban J connectivity index is 1.51. The molecule has 0 saturated carbocycles. The molecule has 2 aromatic carbocycles. The van der Waals surface area contributed by atoms with Crippen LogP contribution in [0.5, 0.6) is 11.5 Å². The zero-order valence-electron chi connectivity index (χ0n) is 19.7. The smallest absolute Gasteiger partial charge is 0.161 e. The number of hydrogen-bond acceptors (Lipinski definition) is 7. The van der Waals surface area contributed by atoms with E-state index in [1.54, 1.807) is 20.3 Å². The number of nitrogens with one attached hydrogen (secondary N) is 1. The molecule has 1 heterocycles. The van der Waals surface area contributed by atoms with Crippen molar-refractivity contribution in [3.8, 4) is 22.8 Å². The van der Waals surface area contributed by atoms with Crippen LogP contribution in [0, 0.1) is 5.82 Å². The molecule has 0 unspecified atom stereocenters. The third-order valence-corrected chi connectivity index (χ3v) is 5.59. The molecule has 1 N–H and O–H groups in total. The lowest BCUT2D eigenvalue weighted by Crippen LogP contribution is -2.14. The third-order valence-electron chi connectivity index (χ3n) is 5.59. The van der Waals surface area contributed by atoms with Crippen LogP contribution in [0.4, 0.5) is 15.9 Å². The molecule has 0 saturated heterocycles. The van der Waals surface area contributed by atoms with Gasteiger partial charge in [-0.3, -0.25) is 0 Å². The van der Waals surface area contributed by atoms with Crippen LogP contribution in [0.15, 0.2) is 41.5 Å². The van der Waals surface area contributed by atoms with E-state index in [9.17, 15) is 4.39 Å². The first kappa shape index (κ1) is 24.3. The lowest BCUT2D eigenvalue weighted by Gasteiger charge is -2.13. The molecule has 0 aliphatic heterocycles. The molecule has 0 bridgehead atoms. The molecular weight excluding hydrogens is 455 g/mol. The van der Waals surface area contributed by atoms with E-state index < -0.39 is 0 Å². The summed E-state index contributed by atoms with van der Waals surface area (Å²) in [5, 5.41) is 11.6.